The van der Waals surface area contributed by atoms with Gasteiger partial charge in [-0.1, -0.05) is 15.9 Å². The average molecular weight is 324 g/mol. The largest absolute Gasteiger partial charge is 0.379 e. The lowest BCUT2D eigenvalue weighted by Crippen LogP contribution is -2.38. The summed E-state index contributed by atoms with van der Waals surface area (Å²) in [5.74, 6) is 0.653. The van der Waals surface area contributed by atoms with E-state index in [2.05, 4.69) is 36.2 Å². The minimum Gasteiger partial charge on any atom is -0.379 e. The number of halogens is 1. The summed E-state index contributed by atoms with van der Waals surface area (Å²) in [4.78, 5) is 3.87. The number of aromatic nitrogens is 4. The smallest absolute Gasteiger partial charge is 0.204 e. The van der Waals surface area contributed by atoms with Gasteiger partial charge in [-0.05, 0) is 29.5 Å². The minimum absolute atomic E-state index is 0.653. The molecule has 2 heterocycles. The monoisotopic (exact) mass is 323 g/mol. The van der Waals surface area contributed by atoms with Crippen LogP contribution in [0, 0.1) is 0 Å². The second-order valence-electron chi connectivity index (χ2n) is 4.36. The first-order chi connectivity index (χ1) is 9.31. The van der Waals surface area contributed by atoms with Crippen LogP contribution in [0.3, 0.4) is 0 Å². The average Bonchev–Trinajstić information content (AvgIpc) is 2.89. The van der Waals surface area contributed by atoms with Crippen molar-refractivity contribution in [2.45, 2.75) is 6.67 Å². The zero-order valence-corrected chi connectivity index (χ0v) is 12.0. The quantitative estimate of drug-likeness (QED) is 0.854. The van der Waals surface area contributed by atoms with E-state index in [0.717, 1.165) is 36.3 Å². The van der Waals surface area contributed by atoms with Gasteiger partial charge in [-0.2, -0.15) is 0 Å². The summed E-state index contributed by atoms with van der Waals surface area (Å²) in [7, 11) is 0. The summed E-state index contributed by atoms with van der Waals surface area (Å²) in [6.45, 7) is 4.03. The molecule has 6 nitrogen and oxygen atoms in total. The van der Waals surface area contributed by atoms with E-state index in [9.17, 15) is 0 Å². The molecular formula is C12H14BrN5O. The first-order valence-corrected chi connectivity index (χ1v) is 6.94. The SMILES string of the molecule is Brc1ccc(-c2nnn(CN3CCOCC3)n2)cc1. The molecule has 2 aromatic rings. The van der Waals surface area contributed by atoms with E-state index < -0.39 is 0 Å². The van der Waals surface area contributed by atoms with Gasteiger partial charge in [-0.25, -0.2) is 0 Å². The van der Waals surface area contributed by atoms with Crippen molar-refractivity contribution in [2.24, 2.45) is 0 Å². The summed E-state index contributed by atoms with van der Waals surface area (Å²) in [6, 6.07) is 7.89. The van der Waals surface area contributed by atoms with Gasteiger partial charge in [0, 0.05) is 23.1 Å². The van der Waals surface area contributed by atoms with Crippen molar-refractivity contribution >= 4 is 15.9 Å². The predicted octanol–water partition coefficient (Wildman–Crippen LogP) is 1.39. The van der Waals surface area contributed by atoms with Crippen molar-refractivity contribution in [2.75, 3.05) is 26.3 Å². The Morgan fingerprint density at radius 2 is 1.89 bits per heavy atom. The van der Waals surface area contributed by atoms with Gasteiger partial charge >= 0.3 is 0 Å². The van der Waals surface area contributed by atoms with Crippen LogP contribution < -0.4 is 0 Å². The molecular weight excluding hydrogens is 310 g/mol. The zero-order valence-electron chi connectivity index (χ0n) is 10.4. The third-order valence-corrected chi connectivity index (χ3v) is 3.51. The van der Waals surface area contributed by atoms with Gasteiger partial charge < -0.3 is 4.74 Å². The minimum atomic E-state index is 0.653. The molecule has 1 aromatic carbocycles. The van der Waals surface area contributed by atoms with E-state index >= 15 is 0 Å². The molecule has 0 aliphatic carbocycles. The molecule has 1 fully saturated rings. The lowest BCUT2D eigenvalue weighted by Gasteiger charge is -2.25. The van der Waals surface area contributed by atoms with Gasteiger partial charge in [-0.15, -0.1) is 15.0 Å². The number of ether oxygens (including phenoxy) is 1. The third kappa shape index (κ3) is 3.17. The highest BCUT2D eigenvalue weighted by Crippen LogP contribution is 2.17. The molecule has 19 heavy (non-hydrogen) atoms. The van der Waals surface area contributed by atoms with E-state index in [0.29, 0.717) is 12.5 Å². The summed E-state index contributed by atoms with van der Waals surface area (Å²) >= 11 is 3.41. The van der Waals surface area contributed by atoms with Gasteiger partial charge in [0.2, 0.25) is 5.82 Å². The van der Waals surface area contributed by atoms with Crippen molar-refractivity contribution in [1.29, 1.82) is 0 Å². The third-order valence-electron chi connectivity index (χ3n) is 2.99. The molecule has 7 heteroatoms. The van der Waals surface area contributed by atoms with Crippen LogP contribution in [0.15, 0.2) is 28.7 Å². The van der Waals surface area contributed by atoms with Gasteiger partial charge in [0.15, 0.2) is 0 Å². The Hall–Kier alpha value is -1.31. The maximum Gasteiger partial charge on any atom is 0.204 e. The topological polar surface area (TPSA) is 56.1 Å². The molecule has 1 aliphatic heterocycles. The van der Waals surface area contributed by atoms with E-state index in [1.807, 2.05) is 24.3 Å². The van der Waals surface area contributed by atoms with Gasteiger partial charge in [0.1, 0.15) is 6.67 Å². The van der Waals surface area contributed by atoms with Gasteiger partial charge in [0.05, 0.1) is 13.2 Å². The first kappa shape index (κ1) is 12.7. The fourth-order valence-electron chi connectivity index (χ4n) is 1.94. The van der Waals surface area contributed by atoms with Crippen LogP contribution in [0.1, 0.15) is 0 Å². The predicted molar refractivity (Wildman–Crippen MR) is 73.3 cm³/mol. The Balaban J connectivity index is 1.70. The van der Waals surface area contributed by atoms with Crippen LogP contribution in [0.5, 0.6) is 0 Å². The molecule has 0 bridgehead atoms. The summed E-state index contributed by atoms with van der Waals surface area (Å²) in [5.41, 5.74) is 0.969. The van der Waals surface area contributed by atoms with Crippen LogP contribution in [0.4, 0.5) is 0 Å². The first-order valence-electron chi connectivity index (χ1n) is 6.15. The van der Waals surface area contributed by atoms with E-state index in [-0.39, 0.29) is 0 Å². The normalized spacial score (nSPS) is 16.7. The zero-order chi connectivity index (χ0) is 13.1. The number of nitrogens with zero attached hydrogens (tertiary/aromatic N) is 5. The fourth-order valence-corrected chi connectivity index (χ4v) is 2.20. The molecule has 3 rings (SSSR count). The molecule has 0 atom stereocenters. The number of hydrogen-bond donors (Lipinski definition) is 0. The number of hydrogen-bond acceptors (Lipinski definition) is 5. The number of tetrazole rings is 1. The van der Waals surface area contributed by atoms with Crippen LogP contribution in [0.2, 0.25) is 0 Å². The van der Waals surface area contributed by atoms with Crippen molar-refractivity contribution in [3.63, 3.8) is 0 Å². The Labute approximate surface area is 119 Å². The number of benzene rings is 1. The molecule has 1 aromatic heterocycles. The molecule has 0 spiro atoms. The summed E-state index contributed by atoms with van der Waals surface area (Å²) < 4.78 is 6.35. The van der Waals surface area contributed by atoms with Gasteiger partial charge in [-0.3, -0.25) is 4.90 Å². The van der Waals surface area contributed by atoms with Crippen molar-refractivity contribution in [1.82, 2.24) is 25.1 Å². The second-order valence-corrected chi connectivity index (χ2v) is 5.28. The highest BCUT2D eigenvalue weighted by molar-refractivity contribution is 9.10. The highest BCUT2D eigenvalue weighted by atomic mass is 79.9. The van der Waals surface area contributed by atoms with Crippen LogP contribution >= 0.6 is 15.9 Å². The van der Waals surface area contributed by atoms with Gasteiger partial charge in [0.25, 0.3) is 0 Å². The maximum absolute atomic E-state index is 5.31. The van der Waals surface area contributed by atoms with Crippen LogP contribution in [0.25, 0.3) is 11.4 Å². The number of rotatable bonds is 3. The summed E-state index contributed by atoms with van der Waals surface area (Å²) in [5, 5.41) is 12.6. The Bertz CT molecular complexity index is 535. The summed E-state index contributed by atoms with van der Waals surface area (Å²) in [6.07, 6.45) is 0. The van der Waals surface area contributed by atoms with E-state index in [1.54, 1.807) is 4.80 Å². The van der Waals surface area contributed by atoms with E-state index in [1.165, 1.54) is 0 Å². The lowest BCUT2D eigenvalue weighted by atomic mass is 10.2. The Morgan fingerprint density at radius 1 is 1.16 bits per heavy atom. The van der Waals surface area contributed by atoms with Crippen molar-refractivity contribution in [3.05, 3.63) is 28.7 Å². The molecule has 1 saturated heterocycles. The second kappa shape index (κ2) is 5.77. The van der Waals surface area contributed by atoms with Crippen molar-refractivity contribution in [3.8, 4) is 11.4 Å². The molecule has 0 N–H and O–H groups in total. The van der Waals surface area contributed by atoms with Crippen LogP contribution in [-0.4, -0.2) is 51.4 Å². The van der Waals surface area contributed by atoms with Crippen molar-refractivity contribution < 1.29 is 4.74 Å². The highest BCUT2D eigenvalue weighted by Gasteiger charge is 2.13. The number of morpholine rings is 1. The molecule has 0 unspecified atom stereocenters. The van der Waals surface area contributed by atoms with E-state index in [4.69, 9.17) is 4.74 Å². The maximum atomic E-state index is 5.31. The fraction of sp³-hybridized carbons (Fsp3) is 0.417. The molecule has 0 radical (unpaired) electrons. The molecule has 0 amide bonds. The molecule has 0 saturated carbocycles. The Morgan fingerprint density at radius 3 is 2.63 bits per heavy atom. The lowest BCUT2D eigenvalue weighted by molar-refractivity contribution is 0.0184. The Kier molecular flexibility index (Phi) is 3.86. The standard InChI is InChI=1S/C12H14BrN5O/c13-11-3-1-10(2-4-11)12-14-16-18(15-12)9-17-5-7-19-8-6-17/h1-4H,5-9H2. The molecule has 1 aliphatic rings. The molecule has 100 valence electrons. The van der Waals surface area contributed by atoms with Crippen LogP contribution in [-0.2, 0) is 11.4 Å².